The molecule has 0 bridgehead atoms. The average molecular weight is 320 g/mol. The summed E-state index contributed by atoms with van der Waals surface area (Å²) in [5.41, 5.74) is 3.29. The van der Waals surface area contributed by atoms with Gasteiger partial charge >= 0.3 is 5.97 Å². The third kappa shape index (κ3) is 2.96. The first kappa shape index (κ1) is 13.6. The molecule has 0 aromatic heterocycles. The van der Waals surface area contributed by atoms with Gasteiger partial charge in [-0.1, -0.05) is 28.1 Å². The van der Waals surface area contributed by atoms with Gasteiger partial charge in [0.1, 0.15) is 0 Å². The molecule has 0 radical (unpaired) electrons. The number of carboxylic acid groups (broad SMARTS) is 1. The Balaban J connectivity index is 2.37. The van der Waals surface area contributed by atoms with Gasteiger partial charge in [-0.15, -0.1) is 0 Å². The van der Waals surface area contributed by atoms with Crippen molar-refractivity contribution in [2.75, 3.05) is 11.9 Å². The lowest BCUT2D eigenvalue weighted by Crippen LogP contribution is -2.10. The third-order valence-corrected chi connectivity index (χ3v) is 3.88. The molecule has 0 heterocycles. The van der Waals surface area contributed by atoms with Crippen molar-refractivity contribution in [3.05, 3.63) is 58.1 Å². The summed E-state index contributed by atoms with van der Waals surface area (Å²) in [4.78, 5) is 12.9. The van der Waals surface area contributed by atoms with Crippen LogP contribution in [0.4, 0.5) is 11.4 Å². The van der Waals surface area contributed by atoms with Crippen LogP contribution in [0.25, 0.3) is 0 Å². The summed E-state index contributed by atoms with van der Waals surface area (Å²) >= 11 is 3.50. The molecule has 4 heteroatoms. The van der Waals surface area contributed by atoms with E-state index in [9.17, 15) is 4.79 Å². The quantitative estimate of drug-likeness (QED) is 0.920. The highest BCUT2D eigenvalue weighted by Crippen LogP contribution is 2.28. The number of carbonyl (C=O) groups is 1. The second-order valence-corrected chi connectivity index (χ2v) is 5.20. The van der Waals surface area contributed by atoms with Crippen molar-refractivity contribution in [1.82, 2.24) is 0 Å². The highest BCUT2D eigenvalue weighted by Gasteiger charge is 2.08. The highest BCUT2D eigenvalue weighted by atomic mass is 79.9. The number of halogens is 1. The van der Waals surface area contributed by atoms with Crippen molar-refractivity contribution in [2.45, 2.75) is 6.92 Å². The number of anilines is 2. The summed E-state index contributed by atoms with van der Waals surface area (Å²) in [6.45, 7) is 2.03. The van der Waals surface area contributed by atoms with Crippen LogP contribution >= 0.6 is 15.9 Å². The SMILES string of the molecule is Cc1ccc(N(C)c2cccc(C(=O)O)c2)cc1Br. The molecular weight excluding hydrogens is 306 g/mol. The molecule has 0 atom stereocenters. The molecule has 0 aliphatic carbocycles. The number of hydrogen-bond acceptors (Lipinski definition) is 2. The van der Waals surface area contributed by atoms with Gasteiger partial charge in [0.15, 0.2) is 0 Å². The zero-order valence-electron chi connectivity index (χ0n) is 10.7. The molecule has 1 N–H and O–H groups in total. The third-order valence-electron chi connectivity index (χ3n) is 3.02. The number of aryl methyl sites for hydroxylation is 1. The Morgan fingerprint density at radius 1 is 1.16 bits per heavy atom. The first-order chi connectivity index (χ1) is 8.99. The zero-order chi connectivity index (χ0) is 14.0. The number of hydrogen-bond donors (Lipinski definition) is 1. The van der Waals surface area contributed by atoms with Crippen LogP contribution in [0.2, 0.25) is 0 Å². The molecule has 2 aromatic carbocycles. The summed E-state index contributed by atoms with van der Waals surface area (Å²) in [5.74, 6) is -0.916. The zero-order valence-corrected chi connectivity index (χ0v) is 12.3. The van der Waals surface area contributed by atoms with Gasteiger partial charge < -0.3 is 10.0 Å². The molecule has 0 spiro atoms. The van der Waals surface area contributed by atoms with E-state index in [0.717, 1.165) is 21.4 Å². The number of aromatic carboxylic acids is 1. The van der Waals surface area contributed by atoms with Crippen LogP contribution < -0.4 is 4.90 Å². The van der Waals surface area contributed by atoms with Crippen molar-refractivity contribution in [3.63, 3.8) is 0 Å². The van der Waals surface area contributed by atoms with E-state index in [4.69, 9.17) is 5.11 Å². The number of rotatable bonds is 3. The standard InChI is InChI=1S/C15H14BrNO2/c1-10-6-7-13(9-14(10)16)17(2)12-5-3-4-11(8-12)15(18)19/h3-9H,1-2H3,(H,18,19). The fourth-order valence-corrected chi connectivity index (χ4v) is 2.15. The number of carboxylic acids is 1. The van der Waals surface area contributed by atoms with Gasteiger partial charge in [-0.25, -0.2) is 4.79 Å². The van der Waals surface area contributed by atoms with Crippen molar-refractivity contribution < 1.29 is 9.90 Å². The Morgan fingerprint density at radius 3 is 2.47 bits per heavy atom. The maximum Gasteiger partial charge on any atom is 0.335 e. The van der Waals surface area contributed by atoms with Gasteiger partial charge in [-0.3, -0.25) is 0 Å². The van der Waals surface area contributed by atoms with Crippen molar-refractivity contribution in [1.29, 1.82) is 0 Å². The van der Waals surface area contributed by atoms with Crippen molar-refractivity contribution in [3.8, 4) is 0 Å². The van der Waals surface area contributed by atoms with Gasteiger partial charge in [0, 0.05) is 22.9 Å². The first-order valence-corrected chi connectivity index (χ1v) is 6.61. The van der Waals surface area contributed by atoms with Crippen molar-refractivity contribution in [2.24, 2.45) is 0 Å². The minimum absolute atomic E-state index is 0.288. The molecule has 19 heavy (non-hydrogen) atoms. The average Bonchev–Trinajstić information content (AvgIpc) is 2.41. The number of benzene rings is 2. The molecular formula is C15H14BrNO2. The fraction of sp³-hybridized carbons (Fsp3) is 0.133. The van der Waals surface area contributed by atoms with Crippen LogP contribution in [0.3, 0.4) is 0 Å². The van der Waals surface area contributed by atoms with E-state index in [1.165, 1.54) is 0 Å². The molecule has 2 aromatic rings. The minimum Gasteiger partial charge on any atom is -0.478 e. The summed E-state index contributed by atoms with van der Waals surface area (Å²) in [6.07, 6.45) is 0. The Bertz CT molecular complexity index is 625. The monoisotopic (exact) mass is 319 g/mol. The molecule has 0 fully saturated rings. The predicted molar refractivity (Wildman–Crippen MR) is 80.3 cm³/mol. The van der Waals surface area contributed by atoms with Gasteiger partial charge in [-0.05, 0) is 42.8 Å². The van der Waals surface area contributed by atoms with E-state index < -0.39 is 5.97 Å². The van der Waals surface area contributed by atoms with Crippen LogP contribution in [-0.2, 0) is 0 Å². The fourth-order valence-electron chi connectivity index (χ4n) is 1.79. The Labute approximate surface area is 120 Å². The van der Waals surface area contributed by atoms with E-state index >= 15 is 0 Å². The van der Waals surface area contributed by atoms with E-state index in [1.54, 1.807) is 18.2 Å². The second-order valence-electron chi connectivity index (χ2n) is 4.35. The van der Waals surface area contributed by atoms with E-state index in [2.05, 4.69) is 15.9 Å². The maximum atomic E-state index is 11.0. The smallest absolute Gasteiger partial charge is 0.335 e. The van der Waals surface area contributed by atoms with Crippen LogP contribution in [0.15, 0.2) is 46.9 Å². The first-order valence-electron chi connectivity index (χ1n) is 5.82. The maximum absolute atomic E-state index is 11.0. The molecule has 0 saturated heterocycles. The molecule has 2 rings (SSSR count). The lowest BCUT2D eigenvalue weighted by molar-refractivity contribution is 0.0697. The largest absolute Gasteiger partial charge is 0.478 e. The van der Waals surface area contributed by atoms with Crippen LogP contribution in [0, 0.1) is 6.92 Å². The Hall–Kier alpha value is -1.81. The summed E-state index contributed by atoms with van der Waals surface area (Å²) in [7, 11) is 1.91. The predicted octanol–water partition coefficient (Wildman–Crippen LogP) is 4.22. The normalized spacial score (nSPS) is 10.3. The number of nitrogens with zero attached hydrogens (tertiary/aromatic N) is 1. The second kappa shape index (κ2) is 5.45. The molecule has 0 amide bonds. The van der Waals surface area contributed by atoms with Crippen LogP contribution in [0.5, 0.6) is 0 Å². The van der Waals surface area contributed by atoms with E-state index in [0.29, 0.717) is 0 Å². The molecule has 0 aliphatic heterocycles. The molecule has 0 unspecified atom stereocenters. The summed E-state index contributed by atoms with van der Waals surface area (Å²) < 4.78 is 1.03. The van der Waals surface area contributed by atoms with Crippen molar-refractivity contribution >= 4 is 33.3 Å². The highest BCUT2D eigenvalue weighted by molar-refractivity contribution is 9.10. The minimum atomic E-state index is -0.916. The molecule has 0 saturated carbocycles. The summed E-state index contributed by atoms with van der Waals surface area (Å²) in [6, 6.07) is 12.9. The van der Waals surface area contributed by atoms with Crippen LogP contribution in [-0.4, -0.2) is 18.1 Å². The van der Waals surface area contributed by atoms with E-state index in [1.807, 2.05) is 43.1 Å². The Kier molecular flexibility index (Phi) is 3.90. The Morgan fingerprint density at radius 2 is 1.84 bits per heavy atom. The van der Waals surface area contributed by atoms with Gasteiger partial charge in [0.2, 0.25) is 0 Å². The van der Waals surface area contributed by atoms with Gasteiger partial charge in [-0.2, -0.15) is 0 Å². The molecule has 0 aliphatic rings. The molecule has 98 valence electrons. The topological polar surface area (TPSA) is 40.5 Å². The lowest BCUT2D eigenvalue weighted by atomic mass is 10.1. The van der Waals surface area contributed by atoms with Gasteiger partial charge in [0.25, 0.3) is 0 Å². The molecule has 3 nitrogen and oxygen atoms in total. The van der Waals surface area contributed by atoms with Crippen LogP contribution in [0.1, 0.15) is 15.9 Å². The van der Waals surface area contributed by atoms with E-state index in [-0.39, 0.29) is 5.56 Å². The van der Waals surface area contributed by atoms with Gasteiger partial charge in [0.05, 0.1) is 5.56 Å². The lowest BCUT2D eigenvalue weighted by Gasteiger charge is -2.20. The summed E-state index contributed by atoms with van der Waals surface area (Å²) in [5, 5.41) is 9.02.